The van der Waals surface area contributed by atoms with Crippen molar-refractivity contribution in [3.63, 3.8) is 0 Å². The number of hydrogen-bond acceptors (Lipinski definition) is 4. The van der Waals surface area contributed by atoms with Gasteiger partial charge in [0, 0.05) is 6.54 Å². The van der Waals surface area contributed by atoms with Crippen LogP contribution in [0.3, 0.4) is 0 Å². The zero-order chi connectivity index (χ0) is 22.0. The Morgan fingerprint density at radius 2 is 1.68 bits per heavy atom. The van der Waals surface area contributed by atoms with E-state index in [1.54, 1.807) is 37.3 Å². The Labute approximate surface area is 183 Å². The van der Waals surface area contributed by atoms with Crippen LogP contribution in [0.1, 0.15) is 34.0 Å². The fraction of sp³-hybridized carbons (Fsp3) is 0.240. The number of sulfonamides is 1. The molecule has 160 valence electrons. The largest absolute Gasteiger partial charge is 0.488 e. The molecule has 0 saturated carbocycles. The maximum atomic E-state index is 13.4. The second-order valence-corrected chi connectivity index (χ2v) is 9.67. The summed E-state index contributed by atoms with van der Waals surface area (Å²) in [5, 5.41) is 0. The summed E-state index contributed by atoms with van der Waals surface area (Å²) < 4.78 is 33.9. The van der Waals surface area contributed by atoms with Gasteiger partial charge in [-0.3, -0.25) is 4.79 Å². The summed E-state index contributed by atoms with van der Waals surface area (Å²) in [6.07, 6.45) is 0.443. The molecule has 0 unspecified atom stereocenters. The summed E-state index contributed by atoms with van der Waals surface area (Å²) in [7, 11) is -3.80. The molecular weight excluding hydrogens is 410 g/mol. The third kappa shape index (κ3) is 4.27. The van der Waals surface area contributed by atoms with Gasteiger partial charge in [-0.25, -0.2) is 8.42 Å². The number of nitrogens with zero attached hydrogens (tertiary/aromatic N) is 1. The highest BCUT2D eigenvalue weighted by Crippen LogP contribution is 2.31. The molecule has 0 N–H and O–H groups in total. The predicted octanol–water partition coefficient (Wildman–Crippen LogP) is 4.39. The molecule has 31 heavy (non-hydrogen) atoms. The van der Waals surface area contributed by atoms with Crippen LogP contribution in [-0.4, -0.2) is 31.1 Å². The number of ether oxygens (including phenoxy) is 1. The number of carbonyl (C=O) groups is 1. The van der Waals surface area contributed by atoms with Gasteiger partial charge in [-0.2, -0.15) is 4.31 Å². The molecule has 1 aliphatic heterocycles. The maximum absolute atomic E-state index is 13.4. The quantitative estimate of drug-likeness (QED) is 0.596. The Morgan fingerprint density at radius 3 is 2.39 bits per heavy atom. The van der Waals surface area contributed by atoms with Gasteiger partial charge in [0.2, 0.25) is 10.0 Å². The molecule has 3 aromatic carbocycles. The van der Waals surface area contributed by atoms with Crippen molar-refractivity contribution in [2.45, 2.75) is 37.8 Å². The molecule has 0 aromatic heterocycles. The number of aryl methyl sites for hydroxylation is 1. The van der Waals surface area contributed by atoms with Crippen molar-refractivity contribution in [3.8, 4) is 5.75 Å². The number of benzene rings is 3. The Bertz CT molecular complexity index is 1190. The van der Waals surface area contributed by atoms with Gasteiger partial charge in [-0.15, -0.1) is 0 Å². The minimum atomic E-state index is -3.80. The fourth-order valence-electron chi connectivity index (χ4n) is 3.86. The van der Waals surface area contributed by atoms with Gasteiger partial charge in [0.15, 0.2) is 5.78 Å². The van der Waals surface area contributed by atoms with E-state index in [-0.39, 0.29) is 17.2 Å². The monoisotopic (exact) mass is 435 g/mol. The van der Waals surface area contributed by atoms with E-state index in [2.05, 4.69) is 0 Å². The number of Topliss-reactive ketones (excluding diaryl/α,β-unsaturated/α-hetero) is 1. The summed E-state index contributed by atoms with van der Waals surface area (Å²) in [6, 6.07) is 21.1. The second kappa shape index (κ2) is 8.65. The summed E-state index contributed by atoms with van der Waals surface area (Å²) >= 11 is 0. The van der Waals surface area contributed by atoms with Crippen molar-refractivity contribution in [1.82, 2.24) is 4.31 Å². The lowest BCUT2D eigenvalue weighted by Gasteiger charge is -2.25. The maximum Gasteiger partial charge on any atom is 0.243 e. The molecule has 0 radical (unpaired) electrons. The first-order chi connectivity index (χ1) is 14.9. The van der Waals surface area contributed by atoms with Gasteiger partial charge in [0.1, 0.15) is 12.4 Å². The minimum absolute atomic E-state index is 0.198. The minimum Gasteiger partial charge on any atom is -0.488 e. The van der Waals surface area contributed by atoms with Crippen LogP contribution in [0.5, 0.6) is 5.75 Å². The molecule has 1 heterocycles. The molecule has 4 rings (SSSR count). The molecule has 0 amide bonds. The van der Waals surface area contributed by atoms with Crippen LogP contribution < -0.4 is 4.74 Å². The predicted molar refractivity (Wildman–Crippen MR) is 120 cm³/mol. The Morgan fingerprint density at radius 1 is 0.968 bits per heavy atom. The molecule has 5 nitrogen and oxygen atoms in total. The molecule has 0 bridgehead atoms. The number of fused-ring (bicyclic) bond motifs is 1. The van der Waals surface area contributed by atoms with Gasteiger partial charge in [-0.05, 0) is 49.6 Å². The first-order valence-electron chi connectivity index (χ1n) is 10.3. The van der Waals surface area contributed by atoms with E-state index in [1.807, 2.05) is 49.4 Å². The number of rotatable bonds is 5. The third-order valence-corrected chi connectivity index (χ3v) is 7.62. The van der Waals surface area contributed by atoms with Crippen LogP contribution in [0.2, 0.25) is 0 Å². The highest BCUT2D eigenvalue weighted by atomic mass is 32.2. The molecule has 0 spiro atoms. The van der Waals surface area contributed by atoms with Gasteiger partial charge in [0.05, 0.1) is 16.5 Å². The zero-order valence-electron chi connectivity index (χ0n) is 17.6. The molecule has 1 atom stereocenters. The smallest absolute Gasteiger partial charge is 0.243 e. The highest BCUT2D eigenvalue weighted by molar-refractivity contribution is 7.89. The zero-order valence-corrected chi connectivity index (χ0v) is 18.4. The Hall–Kier alpha value is -2.96. The van der Waals surface area contributed by atoms with E-state index in [1.165, 1.54) is 4.31 Å². The lowest BCUT2D eigenvalue weighted by atomic mass is 9.98. The van der Waals surface area contributed by atoms with Crippen molar-refractivity contribution in [3.05, 3.63) is 95.1 Å². The first kappa shape index (κ1) is 21.3. The van der Waals surface area contributed by atoms with E-state index >= 15 is 0 Å². The van der Waals surface area contributed by atoms with Gasteiger partial charge < -0.3 is 4.74 Å². The van der Waals surface area contributed by atoms with Crippen molar-refractivity contribution in [2.24, 2.45) is 0 Å². The molecular formula is C25H25NO4S. The van der Waals surface area contributed by atoms with E-state index in [9.17, 15) is 13.2 Å². The molecule has 3 aromatic rings. The lowest BCUT2D eigenvalue weighted by molar-refractivity contribution is 0.0911. The van der Waals surface area contributed by atoms with Crippen LogP contribution in [0.15, 0.2) is 77.7 Å². The van der Waals surface area contributed by atoms with Crippen LogP contribution in [0.4, 0.5) is 0 Å². The van der Waals surface area contributed by atoms with E-state index in [0.717, 1.165) is 16.7 Å². The molecule has 0 fully saturated rings. The van der Waals surface area contributed by atoms with Crippen molar-refractivity contribution < 1.29 is 17.9 Å². The SMILES string of the molecule is Cc1ccc(S(=O)(=O)N2CCc3cccc(OCc4ccccc4)c3C(=O)[C@@H]2C)cc1. The van der Waals surface area contributed by atoms with Crippen molar-refractivity contribution >= 4 is 15.8 Å². The molecule has 0 saturated heterocycles. The summed E-state index contributed by atoms with van der Waals surface area (Å²) in [4.78, 5) is 13.6. The van der Waals surface area contributed by atoms with Crippen molar-refractivity contribution in [1.29, 1.82) is 0 Å². The lowest BCUT2D eigenvalue weighted by Crippen LogP contribution is -2.42. The van der Waals surface area contributed by atoms with Gasteiger partial charge in [0.25, 0.3) is 0 Å². The summed E-state index contributed by atoms with van der Waals surface area (Å²) in [6.45, 7) is 4.13. The van der Waals surface area contributed by atoms with Crippen LogP contribution in [0, 0.1) is 6.92 Å². The average molecular weight is 436 g/mol. The van der Waals surface area contributed by atoms with E-state index in [4.69, 9.17) is 4.74 Å². The highest BCUT2D eigenvalue weighted by Gasteiger charge is 2.37. The van der Waals surface area contributed by atoms with E-state index in [0.29, 0.717) is 24.3 Å². The normalized spacial score (nSPS) is 17.1. The van der Waals surface area contributed by atoms with E-state index < -0.39 is 16.1 Å². The van der Waals surface area contributed by atoms with Gasteiger partial charge in [-0.1, -0.05) is 60.2 Å². The molecule has 0 aliphatic carbocycles. The standard InChI is InChI=1S/C25H25NO4S/c1-18-11-13-22(14-12-18)31(28,29)26-16-15-21-9-6-10-23(24(21)25(27)19(26)2)30-17-20-7-4-3-5-8-20/h3-14,19H,15-17H2,1-2H3/t19-/m0/s1. The topological polar surface area (TPSA) is 63.7 Å². The molecule has 6 heteroatoms. The number of ketones is 1. The Kier molecular flexibility index (Phi) is 5.94. The number of hydrogen-bond donors (Lipinski definition) is 0. The van der Waals surface area contributed by atoms with Crippen LogP contribution in [-0.2, 0) is 23.1 Å². The number of carbonyl (C=O) groups excluding carboxylic acids is 1. The third-order valence-electron chi connectivity index (χ3n) is 5.64. The first-order valence-corrected chi connectivity index (χ1v) is 11.7. The second-order valence-electron chi connectivity index (χ2n) is 7.78. The average Bonchev–Trinajstić information content (AvgIpc) is 2.90. The van der Waals surface area contributed by atoms with Crippen LogP contribution in [0.25, 0.3) is 0 Å². The van der Waals surface area contributed by atoms with Crippen molar-refractivity contribution in [2.75, 3.05) is 6.54 Å². The fourth-order valence-corrected chi connectivity index (χ4v) is 5.45. The summed E-state index contributed by atoms with van der Waals surface area (Å²) in [5.41, 5.74) is 3.26. The summed E-state index contributed by atoms with van der Waals surface area (Å²) in [5.74, 6) is 0.250. The molecule has 1 aliphatic rings. The van der Waals surface area contributed by atoms with Crippen LogP contribution >= 0.6 is 0 Å². The van der Waals surface area contributed by atoms with Gasteiger partial charge >= 0.3 is 0 Å². The Balaban J connectivity index is 1.64.